The van der Waals surface area contributed by atoms with Crippen LogP contribution in [0.4, 0.5) is 5.69 Å². The number of hydrogen-bond donors (Lipinski definition) is 2. The van der Waals surface area contributed by atoms with E-state index in [0.717, 1.165) is 0 Å². The molecule has 4 rings (SSSR count). The molecule has 0 unspecified atom stereocenters. The van der Waals surface area contributed by atoms with E-state index in [1.807, 2.05) is 12.1 Å². The van der Waals surface area contributed by atoms with Gasteiger partial charge in [-0.15, -0.1) is 0 Å². The van der Waals surface area contributed by atoms with E-state index in [9.17, 15) is 4.79 Å². The minimum Gasteiger partial charge on any atom is -0.478 e. The van der Waals surface area contributed by atoms with E-state index in [1.165, 1.54) is 41.6 Å². The average Bonchev–Trinajstić information content (AvgIpc) is 3.10. The molecule has 1 fully saturated rings. The lowest BCUT2D eigenvalue weighted by molar-refractivity contribution is 0.0697. The number of hydrogen-bond acceptors (Lipinski definition) is 2. The van der Waals surface area contributed by atoms with Gasteiger partial charge in [-0.2, -0.15) is 0 Å². The van der Waals surface area contributed by atoms with E-state index in [1.54, 1.807) is 12.1 Å². The third kappa shape index (κ3) is 2.90. The van der Waals surface area contributed by atoms with Gasteiger partial charge in [-0.25, -0.2) is 4.79 Å². The Balaban J connectivity index is 1.71. The summed E-state index contributed by atoms with van der Waals surface area (Å²) in [5.41, 5.74) is 5.81. The van der Waals surface area contributed by atoms with Gasteiger partial charge in [0, 0.05) is 5.69 Å². The lowest BCUT2D eigenvalue weighted by Crippen LogP contribution is -2.29. The zero-order chi connectivity index (χ0) is 18.5. The fourth-order valence-electron chi connectivity index (χ4n) is 4.68. The van der Waals surface area contributed by atoms with E-state index >= 15 is 0 Å². The Hall–Kier alpha value is -2.29. The van der Waals surface area contributed by atoms with Gasteiger partial charge in [0.25, 0.3) is 0 Å². The van der Waals surface area contributed by atoms with E-state index in [2.05, 4.69) is 44.3 Å². The molecule has 2 aromatic rings. The predicted octanol–water partition coefficient (Wildman–Crippen LogP) is 5.73. The summed E-state index contributed by atoms with van der Waals surface area (Å²) in [6.07, 6.45) is 3.73. The quantitative estimate of drug-likeness (QED) is 0.727. The molecule has 1 heterocycles. The highest BCUT2D eigenvalue weighted by Crippen LogP contribution is 2.53. The topological polar surface area (TPSA) is 49.3 Å². The summed E-state index contributed by atoms with van der Waals surface area (Å²) >= 11 is 0. The van der Waals surface area contributed by atoms with Gasteiger partial charge < -0.3 is 10.4 Å². The largest absolute Gasteiger partial charge is 0.478 e. The van der Waals surface area contributed by atoms with Crippen LogP contribution < -0.4 is 5.32 Å². The fourth-order valence-corrected chi connectivity index (χ4v) is 4.68. The first-order valence-electron chi connectivity index (χ1n) is 9.59. The number of nitrogens with one attached hydrogen (secondary N) is 1. The fraction of sp³-hybridized carbons (Fsp3) is 0.435. The molecular weight excluding hydrogens is 322 g/mol. The Kier molecular flexibility index (Phi) is 4.06. The number of anilines is 1. The van der Waals surface area contributed by atoms with Gasteiger partial charge >= 0.3 is 5.97 Å². The summed E-state index contributed by atoms with van der Waals surface area (Å²) < 4.78 is 0. The Morgan fingerprint density at radius 1 is 1.08 bits per heavy atom. The summed E-state index contributed by atoms with van der Waals surface area (Å²) in [6, 6.07) is 14.6. The first kappa shape index (κ1) is 17.1. The van der Waals surface area contributed by atoms with Crippen molar-refractivity contribution in [2.24, 2.45) is 5.92 Å². The van der Waals surface area contributed by atoms with E-state index in [4.69, 9.17) is 5.11 Å². The van der Waals surface area contributed by atoms with Gasteiger partial charge in [0.15, 0.2) is 0 Å². The molecule has 0 amide bonds. The van der Waals surface area contributed by atoms with Crippen LogP contribution in [-0.2, 0) is 5.41 Å². The van der Waals surface area contributed by atoms with Crippen molar-refractivity contribution < 1.29 is 9.90 Å². The Bertz CT molecular complexity index is 832. The highest BCUT2D eigenvalue weighted by molar-refractivity contribution is 5.87. The third-order valence-corrected chi connectivity index (χ3v) is 6.14. The van der Waals surface area contributed by atoms with E-state index in [0.29, 0.717) is 17.4 Å². The second-order valence-corrected chi connectivity index (χ2v) is 8.80. The van der Waals surface area contributed by atoms with Gasteiger partial charge in [-0.1, -0.05) is 51.5 Å². The van der Waals surface area contributed by atoms with Crippen LogP contribution in [0.15, 0.2) is 42.5 Å². The molecule has 3 heteroatoms. The molecule has 2 aliphatic rings. The summed E-state index contributed by atoms with van der Waals surface area (Å²) in [5, 5.41) is 12.9. The lowest BCUT2D eigenvalue weighted by Gasteiger charge is -2.38. The number of rotatable bonds is 2. The molecule has 26 heavy (non-hydrogen) atoms. The van der Waals surface area contributed by atoms with Crippen LogP contribution in [0.25, 0.3) is 0 Å². The van der Waals surface area contributed by atoms with Crippen molar-refractivity contribution in [1.29, 1.82) is 0 Å². The standard InChI is InChI=1S/C23H27NO2/c1-23(2,3)16-11-12-20-19(13-16)17-5-4-6-18(17)21(24-20)14-7-9-15(10-8-14)22(25)26/h7-13,17-18,21,24H,4-6H2,1-3H3,(H,25,26)/t17-,18+,21+/m1/s1. The molecule has 1 aliphatic carbocycles. The van der Waals surface area contributed by atoms with E-state index < -0.39 is 5.97 Å². The van der Waals surface area contributed by atoms with Crippen LogP contribution in [0.3, 0.4) is 0 Å². The van der Waals surface area contributed by atoms with Crippen molar-refractivity contribution in [1.82, 2.24) is 0 Å². The van der Waals surface area contributed by atoms with Crippen LogP contribution >= 0.6 is 0 Å². The van der Waals surface area contributed by atoms with Crippen LogP contribution in [0, 0.1) is 5.92 Å². The molecule has 3 nitrogen and oxygen atoms in total. The maximum atomic E-state index is 11.1. The minimum absolute atomic E-state index is 0.159. The van der Waals surface area contributed by atoms with Crippen molar-refractivity contribution in [2.45, 2.75) is 57.4 Å². The summed E-state index contributed by atoms with van der Waals surface area (Å²) in [4.78, 5) is 11.1. The molecule has 2 N–H and O–H groups in total. The second-order valence-electron chi connectivity index (χ2n) is 8.80. The molecule has 1 aliphatic heterocycles. The Labute approximate surface area is 155 Å². The van der Waals surface area contributed by atoms with Gasteiger partial charge in [0.2, 0.25) is 0 Å². The van der Waals surface area contributed by atoms with Crippen molar-refractivity contribution in [3.63, 3.8) is 0 Å². The highest BCUT2D eigenvalue weighted by Gasteiger charge is 2.40. The summed E-state index contributed by atoms with van der Waals surface area (Å²) in [5.74, 6) is 0.304. The van der Waals surface area contributed by atoms with Crippen LogP contribution in [0.1, 0.15) is 79.0 Å². The van der Waals surface area contributed by atoms with Crippen LogP contribution in [0.2, 0.25) is 0 Å². The normalized spacial score (nSPS) is 24.5. The van der Waals surface area contributed by atoms with Gasteiger partial charge in [-0.3, -0.25) is 0 Å². The molecule has 0 aromatic heterocycles. The average molecular weight is 349 g/mol. The van der Waals surface area contributed by atoms with E-state index in [-0.39, 0.29) is 11.5 Å². The molecule has 0 bridgehead atoms. The molecule has 2 aromatic carbocycles. The monoisotopic (exact) mass is 349 g/mol. The smallest absolute Gasteiger partial charge is 0.335 e. The predicted molar refractivity (Wildman–Crippen MR) is 105 cm³/mol. The van der Waals surface area contributed by atoms with Crippen molar-refractivity contribution in [3.05, 3.63) is 64.7 Å². The summed E-state index contributed by atoms with van der Waals surface area (Å²) in [7, 11) is 0. The van der Waals surface area contributed by atoms with Gasteiger partial charge in [0.05, 0.1) is 11.6 Å². The maximum absolute atomic E-state index is 11.1. The molecule has 0 spiro atoms. The SMILES string of the molecule is CC(C)(C)c1ccc2c(c1)[C@@H]1CCC[C@@H]1[C@H](c1ccc(C(=O)O)cc1)N2. The first-order chi connectivity index (χ1) is 12.3. The number of carboxylic acids is 1. The number of aromatic carboxylic acids is 1. The molecule has 3 atom stereocenters. The number of benzene rings is 2. The van der Waals surface area contributed by atoms with Crippen molar-refractivity contribution in [2.75, 3.05) is 5.32 Å². The molecule has 0 saturated heterocycles. The number of fused-ring (bicyclic) bond motifs is 3. The zero-order valence-corrected chi connectivity index (χ0v) is 15.8. The second kappa shape index (κ2) is 6.15. The van der Waals surface area contributed by atoms with Gasteiger partial charge in [0.1, 0.15) is 0 Å². The zero-order valence-electron chi connectivity index (χ0n) is 15.8. The molecule has 0 radical (unpaired) electrons. The maximum Gasteiger partial charge on any atom is 0.335 e. The van der Waals surface area contributed by atoms with Gasteiger partial charge in [-0.05, 0) is 65.0 Å². The number of carboxylic acid groups (broad SMARTS) is 1. The minimum atomic E-state index is -0.869. The molecule has 1 saturated carbocycles. The van der Waals surface area contributed by atoms with Crippen molar-refractivity contribution in [3.8, 4) is 0 Å². The number of carbonyl (C=O) groups is 1. The lowest BCUT2D eigenvalue weighted by atomic mass is 9.75. The van der Waals surface area contributed by atoms with Crippen LogP contribution in [-0.4, -0.2) is 11.1 Å². The molecule has 136 valence electrons. The highest BCUT2D eigenvalue weighted by atomic mass is 16.4. The van der Waals surface area contributed by atoms with Crippen molar-refractivity contribution >= 4 is 11.7 Å². The molecular formula is C23H27NO2. The Morgan fingerprint density at radius 2 is 1.81 bits per heavy atom. The summed E-state index contributed by atoms with van der Waals surface area (Å²) in [6.45, 7) is 6.80. The van der Waals surface area contributed by atoms with Crippen LogP contribution in [0.5, 0.6) is 0 Å². The third-order valence-electron chi connectivity index (χ3n) is 6.14. The first-order valence-corrected chi connectivity index (χ1v) is 9.59. The Morgan fingerprint density at radius 3 is 2.46 bits per heavy atom.